The van der Waals surface area contributed by atoms with Crippen LogP contribution < -0.4 is 5.32 Å². The number of carbonyl (C=O) groups is 2. The highest BCUT2D eigenvalue weighted by molar-refractivity contribution is 7.91. The van der Waals surface area contributed by atoms with Crippen molar-refractivity contribution in [3.05, 3.63) is 65.2 Å². The van der Waals surface area contributed by atoms with E-state index in [0.29, 0.717) is 11.1 Å². The predicted molar refractivity (Wildman–Crippen MR) is 99.3 cm³/mol. The lowest BCUT2D eigenvalue weighted by Gasteiger charge is -2.08. The minimum atomic E-state index is -3.43. The molecule has 7 nitrogen and oxygen atoms in total. The third-order valence-corrected chi connectivity index (χ3v) is 5.55. The fraction of sp³-hybridized carbons (Fsp3) is 0.263. The van der Waals surface area contributed by atoms with Gasteiger partial charge in [0.15, 0.2) is 9.84 Å². The second-order valence-electron chi connectivity index (χ2n) is 5.71. The van der Waals surface area contributed by atoms with E-state index in [-0.39, 0.29) is 29.7 Å². The van der Waals surface area contributed by atoms with E-state index >= 15 is 0 Å². The van der Waals surface area contributed by atoms with Gasteiger partial charge in [-0.05, 0) is 42.0 Å². The molecular weight excluding hydrogens is 370 g/mol. The van der Waals surface area contributed by atoms with Gasteiger partial charge in [0.05, 0.1) is 29.9 Å². The lowest BCUT2D eigenvalue weighted by molar-refractivity contribution is 0.0600. The summed E-state index contributed by atoms with van der Waals surface area (Å²) < 4.78 is 33.6. The Hall–Kier alpha value is -2.71. The molecule has 0 heterocycles. The maximum Gasteiger partial charge on any atom is 0.337 e. The fourth-order valence-electron chi connectivity index (χ4n) is 2.29. The summed E-state index contributed by atoms with van der Waals surface area (Å²) >= 11 is 0. The molecule has 0 aliphatic heterocycles. The number of amides is 1. The molecule has 0 radical (unpaired) electrons. The number of hydrogen-bond acceptors (Lipinski definition) is 6. The molecule has 0 aliphatic carbocycles. The molecule has 0 aromatic heterocycles. The van der Waals surface area contributed by atoms with Crippen LogP contribution in [0.25, 0.3) is 0 Å². The van der Waals surface area contributed by atoms with E-state index in [0.717, 1.165) is 5.56 Å². The Bertz CT molecular complexity index is 889. The lowest BCUT2D eigenvalue weighted by atomic mass is 10.1. The zero-order valence-electron chi connectivity index (χ0n) is 15.1. The van der Waals surface area contributed by atoms with E-state index in [1.54, 1.807) is 24.3 Å². The monoisotopic (exact) mass is 391 g/mol. The first kappa shape index (κ1) is 20.6. The Balaban J connectivity index is 1.97. The minimum Gasteiger partial charge on any atom is -0.465 e. The van der Waals surface area contributed by atoms with Crippen molar-refractivity contribution < 1.29 is 27.5 Å². The van der Waals surface area contributed by atoms with Crippen LogP contribution in [0, 0.1) is 0 Å². The first-order valence-electron chi connectivity index (χ1n) is 8.14. The third-order valence-electron chi connectivity index (χ3n) is 3.86. The average Bonchev–Trinajstić information content (AvgIpc) is 2.70. The molecule has 0 saturated carbocycles. The molecule has 0 fully saturated rings. The fourth-order valence-corrected chi connectivity index (χ4v) is 3.46. The van der Waals surface area contributed by atoms with Crippen LogP contribution in [-0.4, -0.2) is 46.9 Å². The number of nitrogens with one attached hydrogen (secondary N) is 1. The predicted octanol–water partition coefficient (Wildman–Crippen LogP) is 1.82. The Morgan fingerprint density at radius 1 is 0.926 bits per heavy atom. The smallest absolute Gasteiger partial charge is 0.337 e. The average molecular weight is 391 g/mol. The second-order valence-corrected chi connectivity index (χ2v) is 7.82. The number of hydrogen-bond donors (Lipinski definition) is 1. The van der Waals surface area contributed by atoms with Gasteiger partial charge >= 0.3 is 5.97 Å². The Morgan fingerprint density at radius 3 is 2.07 bits per heavy atom. The van der Waals surface area contributed by atoms with Gasteiger partial charge in [-0.1, -0.05) is 12.1 Å². The number of carbonyl (C=O) groups excluding carboxylic acids is 2. The first-order valence-corrected chi connectivity index (χ1v) is 9.80. The number of esters is 1. The van der Waals surface area contributed by atoms with Crippen LogP contribution in [-0.2, 0) is 25.9 Å². The highest BCUT2D eigenvalue weighted by Crippen LogP contribution is 2.13. The summed E-state index contributed by atoms with van der Waals surface area (Å²) in [5.74, 6) is -0.865. The van der Waals surface area contributed by atoms with Gasteiger partial charge in [-0.15, -0.1) is 0 Å². The molecule has 1 N–H and O–H groups in total. The Morgan fingerprint density at radius 2 is 1.52 bits per heavy atom. The first-order chi connectivity index (χ1) is 12.9. The van der Waals surface area contributed by atoms with Crippen LogP contribution in [0.3, 0.4) is 0 Å². The molecule has 0 saturated heterocycles. The number of methoxy groups -OCH3 is 2. The zero-order chi connectivity index (χ0) is 19.9. The van der Waals surface area contributed by atoms with Crippen molar-refractivity contribution in [3.8, 4) is 0 Å². The summed E-state index contributed by atoms with van der Waals surface area (Å²) in [5.41, 5.74) is 1.60. The zero-order valence-corrected chi connectivity index (χ0v) is 15.9. The SMILES string of the molecule is COCCS(=O)(=O)c1ccc(C(=O)NCc2ccc(C(=O)OC)cc2)cc1. The molecule has 1 amide bonds. The number of sulfone groups is 1. The van der Waals surface area contributed by atoms with Crippen LogP contribution in [0.5, 0.6) is 0 Å². The molecule has 0 atom stereocenters. The second kappa shape index (κ2) is 9.29. The highest BCUT2D eigenvalue weighted by Gasteiger charge is 2.15. The molecule has 0 bridgehead atoms. The van der Waals surface area contributed by atoms with Crippen molar-refractivity contribution in [2.75, 3.05) is 26.6 Å². The van der Waals surface area contributed by atoms with Crippen molar-refractivity contribution in [2.45, 2.75) is 11.4 Å². The van der Waals surface area contributed by atoms with Gasteiger partial charge in [0.1, 0.15) is 0 Å². The molecule has 2 rings (SSSR count). The number of rotatable bonds is 8. The third kappa shape index (κ3) is 5.63. The van der Waals surface area contributed by atoms with Crippen LogP contribution >= 0.6 is 0 Å². The van der Waals surface area contributed by atoms with E-state index in [4.69, 9.17) is 4.74 Å². The molecule has 2 aromatic carbocycles. The van der Waals surface area contributed by atoms with Gasteiger partial charge in [0, 0.05) is 19.2 Å². The summed E-state index contributed by atoms with van der Waals surface area (Å²) in [7, 11) is -0.681. The maximum atomic E-state index is 12.2. The summed E-state index contributed by atoms with van der Waals surface area (Å²) in [5, 5.41) is 2.75. The van der Waals surface area contributed by atoms with Crippen molar-refractivity contribution in [1.82, 2.24) is 5.32 Å². The van der Waals surface area contributed by atoms with Crippen molar-refractivity contribution in [2.24, 2.45) is 0 Å². The standard InChI is InChI=1S/C19H21NO6S/c1-25-11-12-27(23,24)17-9-7-15(8-10-17)18(21)20-13-14-3-5-16(6-4-14)19(22)26-2/h3-10H,11-13H2,1-2H3,(H,20,21). The van der Waals surface area contributed by atoms with E-state index in [1.807, 2.05) is 0 Å². The maximum absolute atomic E-state index is 12.2. The molecule has 0 unspecified atom stereocenters. The molecular formula is C19H21NO6S. The van der Waals surface area contributed by atoms with Crippen LogP contribution in [0.4, 0.5) is 0 Å². The van der Waals surface area contributed by atoms with Gasteiger partial charge in [-0.25, -0.2) is 13.2 Å². The van der Waals surface area contributed by atoms with E-state index in [2.05, 4.69) is 10.1 Å². The molecule has 144 valence electrons. The van der Waals surface area contributed by atoms with Crippen LogP contribution in [0.1, 0.15) is 26.3 Å². The highest BCUT2D eigenvalue weighted by atomic mass is 32.2. The lowest BCUT2D eigenvalue weighted by Crippen LogP contribution is -2.23. The van der Waals surface area contributed by atoms with Gasteiger partial charge in [-0.3, -0.25) is 4.79 Å². The van der Waals surface area contributed by atoms with Crippen LogP contribution in [0.2, 0.25) is 0 Å². The topological polar surface area (TPSA) is 98.8 Å². The van der Waals surface area contributed by atoms with Crippen LogP contribution in [0.15, 0.2) is 53.4 Å². The van der Waals surface area contributed by atoms with E-state index < -0.39 is 15.8 Å². The quantitative estimate of drug-likeness (QED) is 0.689. The van der Waals surface area contributed by atoms with Gasteiger partial charge in [0.25, 0.3) is 5.91 Å². The molecule has 0 aliphatic rings. The van der Waals surface area contributed by atoms with Crippen molar-refractivity contribution >= 4 is 21.7 Å². The minimum absolute atomic E-state index is 0.110. The normalized spacial score (nSPS) is 11.0. The number of benzene rings is 2. The molecule has 2 aromatic rings. The molecule has 27 heavy (non-hydrogen) atoms. The summed E-state index contributed by atoms with van der Waals surface area (Å²) in [6, 6.07) is 12.4. The van der Waals surface area contributed by atoms with Gasteiger partial charge < -0.3 is 14.8 Å². The largest absolute Gasteiger partial charge is 0.465 e. The van der Waals surface area contributed by atoms with Gasteiger partial charge in [-0.2, -0.15) is 0 Å². The number of ether oxygens (including phenoxy) is 2. The van der Waals surface area contributed by atoms with Gasteiger partial charge in [0.2, 0.25) is 0 Å². The summed E-state index contributed by atoms with van der Waals surface area (Å²) in [4.78, 5) is 23.8. The Labute approximate surface area is 158 Å². The van der Waals surface area contributed by atoms with Crippen molar-refractivity contribution in [3.63, 3.8) is 0 Å². The molecule has 0 spiro atoms. The van der Waals surface area contributed by atoms with E-state index in [9.17, 15) is 18.0 Å². The molecule has 8 heteroatoms. The van der Waals surface area contributed by atoms with E-state index in [1.165, 1.54) is 38.5 Å². The van der Waals surface area contributed by atoms with Crippen molar-refractivity contribution in [1.29, 1.82) is 0 Å². The Kier molecular flexibility index (Phi) is 7.09. The summed E-state index contributed by atoms with van der Waals surface area (Å²) in [6.07, 6.45) is 0. The summed E-state index contributed by atoms with van der Waals surface area (Å²) in [6.45, 7) is 0.382.